The molecule has 0 spiro atoms. The summed E-state index contributed by atoms with van der Waals surface area (Å²) in [4.78, 5) is 2.47. The fraction of sp³-hybridized carbons (Fsp3) is 0.600. The minimum Gasteiger partial charge on any atom is -0.496 e. The van der Waals surface area contributed by atoms with Gasteiger partial charge in [0.05, 0.1) is 7.11 Å². The van der Waals surface area contributed by atoms with Crippen LogP contribution >= 0.6 is 0 Å². The van der Waals surface area contributed by atoms with E-state index in [9.17, 15) is 0 Å². The third-order valence-electron chi connectivity index (χ3n) is 3.05. The topological polar surface area (TPSA) is 38.5 Å². The van der Waals surface area contributed by atoms with E-state index in [4.69, 9.17) is 10.5 Å². The first-order chi connectivity index (χ1) is 8.74. The number of rotatable bonds is 8. The van der Waals surface area contributed by atoms with Gasteiger partial charge in [-0.15, -0.1) is 0 Å². The highest BCUT2D eigenvalue weighted by Gasteiger charge is 2.09. The van der Waals surface area contributed by atoms with Gasteiger partial charge in [-0.3, -0.25) is 4.90 Å². The van der Waals surface area contributed by atoms with Crippen LogP contribution < -0.4 is 10.5 Å². The number of nitrogens with two attached hydrogens (primary N) is 1. The minimum absolute atomic E-state index is 0.582. The molecule has 0 aliphatic carbocycles. The lowest BCUT2D eigenvalue weighted by molar-refractivity contribution is 0.262. The van der Waals surface area contributed by atoms with E-state index in [2.05, 4.69) is 24.8 Å². The molecule has 0 fully saturated rings. The quantitative estimate of drug-likeness (QED) is 0.771. The lowest BCUT2D eigenvalue weighted by Gasteiger charge is -2.22. The van der Waals surface area contributed by atoms with Crippen LogP contribution in [0.1, 0.15) is 37.8 Å². The van der Waals surface area contributed by atoms with Crippen LogP contribution in [-0.4, -0.2) is 25.1 Å². The summed E-state index contributed by atoms with van der Waals surface area (Å²) < 4.78 is 5.43. The lowest BCUT2D eigenvalue weighted by atomic mass is 10.1. The Labute approximate surface area is 111 Å². The number of ether oxygens (including phenoxy) is 1. The van der Waals surface area contributed by atoms with E-state index in [0.29, 0.717) is 6.54 Å². The van der Waals surface area contributed by atoms with Gasteiger partial charge in [-0.1, -0.05) is 19.9 Å². The summed E-state index contributed by atoms with van der Waals surface area (Å²) in [5, 5.41) is 0. The molecule has 0 aliphatic rings. The molecule has 0 aliphatic heterocycles. The molecule has 0 unspecified atom stereocenters. The van der Waals surface area contributed by atoms with E-state index in [1.807, 2.05) is 12.1 Å². The predicted molar refractivity (Wildman–Crippen MR) is 76.7 cm³/mol. The van der Waals surface area contributed by atoms with Gasteiger partial charge in [0.1, 0.15) is 5.75 Å². The van der Waals surface area contributed by atoms with Gasteiger partial charge in [0.2, 0.25) is 0 Å². The molecule has 0 amide bonds. The van der Waals surface area contributed by atoms with E-state index in [1.165, 1.54) is 24.0 Å². The Balaban J connectivity index is 2.84. The first-order valence-corrected chi connectivity index (χ1v) is 6.83. The summed E-state index contributed by atoms with van der Waals surface area (Å²) in [6.07, 6.45) is 2.36. The van der Waals surface area contributed by atoms with Crippen molar-refractivity contribution in [1.29, 1.82) is 0 Å². The van der Waals surface area contributed by atoms with Crippen molar-refractivity contribution in [3.8, 4) is 5.75 Å². The molecular weight excluding hydrogens is 224 g/mol. The van der Waals surface area contributed by atoms with Crippen molar-refractivity contribution in [3.63, 3.8) is 0 Å². The molecule has 0 saturated heterocycles. The summed E-state index contributed by atoms with van der Waals surface area (Å²) in [5.74, 6) is 0.962. The van der Waals surface area contributed by atoms with Gasteiger partial charge in [-0.2, -0.15) is 0 Å². The van der Waals surface area contributed by atoms with Crippen LogP contribution in [0.4, 0.5) is 0 Å². The van der Waals surface area contributed by atoms with Crippen molar-refractivity contribution >= 4 is 0 Å². The van der Waals surface area contributed by atoms with Gasteiger partial charge in [-0.25, -0.2) is 0 Å². The van der Waals surface area contributed by atoms with Crippen molar-refractivity contribution in [3.05, 3.63) is 29.3 Å². The van der Waals surface area contributed by atoms with Crippen LogP contribution in [-0.2, 0) is 13.1 Å². The second-order valence-electron chi connectivity index (χ2n) is 4.63. The zero-order valence-electron chi connectivity index (χ0n) is 11.9. The van der Waals surface area contributed by atoms with Gasteiger partial charge in [-0.05, 0) is 43.6 Å². The van der Waals surface area contributed by atoms with Gasteiger partial charge >= 0.3 is 0 Å². The van der Waals surface area contributed by atoms with Crippen LogP contribution in [0.5, 0.6) is 5.75 Å². The highest BCUT2D eigenvalue weighted by atomic mass is 16.5. The van der Waals surface area contributed by atoms with Crippen LogP contribution in [0, 0.1) is 0 Å². The Kier molecular flexibility index (Phi) is 6.76. The zero-order valence-corrected chi connectivity index (χ0v) is 11.9. The first kappa shape index (κ1) is 15.0. The Hall–Kier alpha value is -1.06. The second kappa shape index (κ2) is 8.11. The van der Waals surface area contributed by atoms with Gasteiger partial charge in [0.15, 0.2) is 0 Å². The molecule has 18 heavy (non-hydrogen) atoms. The van der Waals surface area contributed by atoms with E-state index >= 15 is 0 Å². The molecule has 0 heterocycles. The maximum absolute atomic E-state index is 5.70. The van der Waals surface area contributed by atoms with E-state index in [1.54, 1.807) is 7.11 Å². The molecule has 102 valence electrons. The normalized spacial score (nSPS) is 10.9. The molecule has 0 radical (unpaired) electrons. The fourth-order valence-corrected chi connectivity index (χ4v) is 2.23. The Morgan fingerprint density at radius 2 is 1.83 bits per heavy atom. The summed E-state index contributed by atoms with van der Waals surface area (Å²) >= 11 is 0. The van der Waals surface area contributed by atoms with Gasteiger partial charge in [0, 0.05) is 18.7 Å². The van der Waals surface area contributed by atoms with Crippen molar-refractivity contribution in [1.82, 2.24) is 4.90 Å². The van der Waals surface area contributed by atoms with E-state index in [-0.39, 0.29) is 0 Å². The molecule has 1 rings (SSSR count). The molecule has 0 bridgehead atoms. The van der Waals surface area contributed by atoms with Crippen LogP contribution in [0.15, 0.2) is 18.2 Å². The number of nitrogens with zero attached hydrogens (tertiary/aromatic N) is 1. The van der Waals surface area contributed by atoms with Crippen LogP contribution in [0.3, 0.4) is 0 Å². The van der Waals surface area contributed by atoms with Crippen LogP contribution in [0.2, 0.25) is 0 Å². The fourth-order valence-electron chi connectivity index (χ4n) is 2.23. The third kappa shape index (κ3) is 4.31. The Morgan fingerprint density at radius 3 is 2.33 bits per heavy atom. The average molecular weight is 250 g/mol. The smallest absolute Gasteiger partial charge is 0.123 e. The summed E-state index contributed by atoms with van der Waals surface area (Å²) in [6.45, 7) is 8.22. The maximum atomic E-state index is 5.70. The molecular formula is C15H26N2O. The standard InChI is InChI=1S/C15H26N2O/c1-4-8-17(9-5-2)12-14-10-13(11-16)6-7-15(14)18-3/h6-7,10H,4-5,8-9,11-12,16H2,1-3H3. The van der Waals surface area contributed by atoms with Gasteiger partial charge in [0.25, 0.3) is 0 Å². The first-order valence-electron chi connectivity index (χ1n) is 6.83. The average Bonchev–Trinajstić information content (AvgIpc) is 2.39. The number of methoxy groups -OCH3 is 1. The highest BCUT2D eigenvalue weighted by Crippen LogP contribution is 2.21. The molecule has 0 atom stereocenters. The summed E-state index contributed by atoms with van der Waals surface area (Å²) in [5.41, 5.74) is 8.11. The summed E-state index contributed by atoms with van der Waals surface area (Å²) in [6, 6.07) is 6.22. The highest BCUT2D eigenvalue weighted by molar-refractivity contribution is 5.37. The number of hydrogen-bond donors (Lipinski definition) is 1. The molecule has 0 saturated carbocycles. The van der Waals surface area contributed by atoms with Crippen LogP contribution in [0.25, 0.3) is 0 Å². The monoisotopic (exact) mass is 250 g/mol. The Morgan fingerprint density at radius 1 is 1.17 bits per heavy atom. The number of hydrogen-bond acceptors (Lipinski definition) is 3. The minimum atomic E-state index is 0.582. The Bertz CT molecular complexity index is 346. The maximum Gasteiger partial charge on any atom is 0.123 e. The van der Waals surface area contributed by atoms with Gasteiger partial charge < -0.3 is 10.5 Å². The molecule has 1 aromatic rings. The third-order valence-corrected chi connectivity index (χ3v) is 3.05. The predicted octanol–water partition coefficient (Wildman–Crippen LogP) is 2.78. The van der Waals surface area contributed by atoms with E-state index < -0.39 is 0 Å². The largest absolute Gasteiger partial charge is 0.496 e. The second-order valence-corrected chi connectivity index (χ2v) is 4.63. The molecule has 0 aromatic heterocycles. The zero-order chi connectivity index (χ0) is 13.4. The molecule has 3 heteroatoms. The summed E-state index contributed by atoms with van der Waals surface area (Å²) in [7, 11) is 1.73. The van der Waals surface area contributed by atoms with Crippen molar-refractivity contribution in [2.45, 2.75) is 39.8 Å². The molecule has 2 N–H and O–H groups in total. The lowest BCUT2D eigenvalue weighted by Crippen LogP contribution is -2.25. The van der Waals surface area contributed by atoms with E-state index in [0.717, 1.165) is 25.4 Å². The SMILES string of the molecule is CCCN(CCC)Cc1cc(CN)ccc1OC. The molecule has 1 aromatic carbocycles. The van der Waals surface area contributed by atoms with Crippen molar-refractivity contribution in [2.75, 3.05) is 20.2 Å². The van der Waals surface area contributed by atoms with Crippen molar-refractivity contribution < 1.29 is 4.74 Å². The molecule has 3 nitrogen and oxygen atoms in total. The van der Waals surface area contributed by atoms with Crippen molar-refractivity contribution in [2.24, 2.45) is 5.73 Å². The number of benzene rings is 1.